The maximum Gasteiger partial charge on any atom is 0.421 e. The van der Waals surface area contributed by atoms with Crippen molar-refractivity contribution in [3.05, 3.63) is 24.3 Å². The fraction of sp³-hybridized carbons (Fsp3) is 0.636. The lowest BCUT2D eigenvalue weighted by molar-refractivity contribution is -0.147. The van der Waals surface area contributed by atoms with Crippen LogP contribution in [0, 0.1) is 11.3 Å². The van der Waals surface area contributed by atoms with Crippen LogP contribution in [0.15, 0.2) is 24.3 Å². The highest BCUT2D eigenvalue weighted by Crippen LogP contribution is 2.44. The Labute approximate surface area is 198 Å². The average molecular weight is 506 g/mol. The van der Waals surface area contributed by atoms with Crippen molar-refractivity contribution in [3.8, 4) is 5.75 Å². The Balaban J connectivity index is 0.00000129. The molecule has 1 aromatic rings. The number of alkyl halides is 2. The quantitative estimate of drug-likeness (QED) is 0.537. The van der Waals surface area contributed by atoms with Crippen molar-refractivity contribution in [2.45, 2.75) is 38.5 Å². The largest absolute Gasteiger partial charge is 0.494 e. The topological polar surface area (TPSA) is 130 Å². The Bertz CT molecular complexity index is 956. The molecule has 0 spiro atoms. The van der Waals surface area contributed by atoms with Gasteiger partial charge in [0.2, 0.25) is 9.84 Å². The van der Waals surface area contributed by atoms with Crippen LogP contribution >= 0.6 is 0 Å². The zero-order valence-electron chi connectivity index (χ0n) is 19.6. The number of fused-ring (bicyclic) bond motifs is 4. The summed E-state index contributed by atoms with van der Waals surface area (Å²) in [6.07, 6.45) is 0.760. The first-order valence-corrected chi connectivity index (χ1v) is 12.7. The Morgan fingerprint density at radius 1 is 1.26 bits per heavy atom. The summed E-state index contributed by atoms with van der Waals surface area (Å²) in [5, 5.41) is 2.41. The molecule has 12 heteroatoms. The van der Waals surface area contributed by atoms with Crippen LogP contribution in [-0.4, -0.2) is 80.6 Å². The van der Waals surface area contributed by atoms with E-state index in [0.29, 0.717) is 13.2 Å². The summed E-state index contributed by atoms with van der Waals surface area (Å²) >= 11 is 0. The Kier molecular flexibility index (Phi) is 8.86. The van der Waals surface area contributed by atoms with Crippen LogP contribution in [0.1, 0.15) is 27.2 Å². The van der Waals surface area contributed by atoms with E-state index in [1.165, 1.54) is 0 Å². The standard InChI is InChI=1S/C21H31F2N3O4S.CH2O2/c1-4-30-17-7-5-16(6-8-17)26-13-15-11-20(2,3)18(26)14-25(12-15)19(27)21(22,23)31(28,29)10-9-24;2-1-3/h5-8,15,18H,4,9-14,24H2,1-3H3;1H,(H,2,3)/t15-,18-;/m1./s1. The Hall–Kier alpha value is -2.47. The molecule has 3 saturated heterocycles. The van der Waals surface area contributed by atoms with E-state index < -0.39 is 33.3 Å². The minimum absolute atomic E-state index is 0.0310. The van der Waals surface area contributed by atoms with Gasteiger partial charge in [-0.15, -0.1) is 0 Å². The Morgan fingerprint density at radius 2 is 1.85 bits per heavy atom. The summed E-state index contributed by atoms with van der Waals surface area (Å²) in [6, 6.07) is 7.34. The number of piperidine rings is 1. The number of rotatable bonds is 7. The van der Waals surface area contributed by atoms with Gasteiger partial charge >= 0.3 is 11.2 Å². The van der Waals surface area contributed by atoms with Gasteiger partial charge in [0.05, 0.1) is 18.4 Å². The third-order valence-electron chi connectivity index (χ3n) is 6.21. The highest BCUT2D eigenvalue weighted by Gasteiger charge is 2.56. The fourth-order valence-electron chi connectivity index (χ4n) is 4.79. The van der Waals surface area contributed by atoms with E-state index in [2.05, 4.69) is 18.7 Å². The molecule has 1 aromatic carbocycles. The van der Waals surface area contributed by atoms with Crippen LogP contribution in [0.5, 0.6) is 5.75 Å². The van der Waals surface area contributed by atoms with Gasteiger partial charge < -0.3 is 25.4 Å². The molecule has 3 heterocycles. The van der Waals surface area contributed by atoms with Crippen molar-refractivity contribution < 1.29 is 36.6 Å². The number of ether oxygens (including phenoxy) is 1. The van der Waals surface area contributed by atoms with E-state index in [1.54, 1.807) is 0 Å². The normalized spacial score (nSPS) is 21.8. The number of nitrogens with zero attached hydrogens (tertiary/aromatic N) is 2. The van der Waals surface area contributed by atoms with Gasteiger partial charge in [-0.3, -0.25) is 9.59 Å². The summed E-state index contributed by atoms with van der Waals surface area (Å²) in [7, 11) is -4.97. The lowest BCUT2D eigenvalue weighted by Crippen LogP contribution is -2.55. The molecule has 192 valence electrons. The second kappa shape index (κ2) is 10.9. The number of amides is 1. The average Bonchev–Trinajstić information content (AvgIpc) is 3.01. The van der Waals surface area contributed by atoms with Crippen LogP contribution in [0.2, 0.25) is 0 Å². The van der Waals surface area contributed by atoms with Crippen molar-refractivity contribution in [2.24, 2.45) is 17.1 Å². The molecule has 1 amide bonds. The van der Waals surface area contributed by atoms with Crippen molar-refractivity contribution in [3.63, 3.8) is 0 Å². The molecule has 2 bridgehead atoms. The molecule has 0 aromatic heterocycles. The van der Waals surface area contributed by atoms with Gasteiger partial charge in [-0.2, -0.15) is 8.78 Å². The molecule has 3 N–H and O–H groups in total. The van der Waals surface area contributed by atoms with E-state index in [9.17, 15) is 22.0 Å². The number of hydrogen-bond acceptors (Lipinski definition) is 7. The SMILES string of the molecule is CCOc1ccc(N2C[C@H]3CN(C(=O)C(F)(F)S(=O)(=O)CCN)C[C@@H]2C(C)(C)C3)cc1.O=CO. The molecule has 0 unspecified atom stereocenters. The second-order valence-electron chi connectivity index (χ2n) is 9.09. The van der Waals surface area contributed by atoms with Gasteiger partial charge in [-0.25, -0.2) is 8.42 Å². The zero-order chi connectivity index (χ0) is 25.7. The summed E-state index contributed by atoms with van der Waals surface area (Å²) < 4.78 is 58.8. The molecule has 3 aliphatic rings. The van der Waals surface area contributed by atoms with Crippen molar-refractivity contribution in [2.75, 3.05) is 43.4 Å². The van der Waals surface area contributed by atoms with Gasteiger partial charge in [0, 0.05) is 31.9 Å². The van der Waals surface area contributed by atoms with Crippen molar-refractivity contribution >= 4 is 27.9 Å². The second-order valence-corrected chi connectivity index (χ2v) is 11.2. The molecular formula is C22H33F2N3O6S. The highest BCUT2D eigenvalue weighted by atomic mass is 32.2. The number of anilines is 1. The minimum Gasteiger partial charge on any atom is -0.494 e. The van der Waals surface area contributed by atoms with Gasteiger partial charge in [0.25, 0.3) is 6.47 Å². The maximum atomic E-state index is 14.6. The van der Waals surface area contributed by atoms with E-state index in [1.807, 2.05) is 31.2 Å². The predicted octanol–water partition coefficient (Wildman–Crippen LogP) is 1.82. The predicted molar refractivity (Wildman–Crippen MR) is 124 cm³/mol. The van der Waals surface area contributed by atoms with E-state index >= 15 is 0 Å². The summed E-state index contributed by atoms with van der Waals surface area (Å²) in [5.41, 5.74) is 5.84. The molecule has 0 aliphatic carbocycles. The van der Waals surface area contributed by atoms with Crippen molar-refractivity contribution in [1.82, 2.24) is 4.90 Å². The molecule has 0 saturated carbocycles. The molecule has 3 aliphatic heterocycles. The van der Waals surface area contributed by atoms with E-state index in [4.69, 9.17) is 20.4 Å². The monoisotopic (exact) mass is 505 g/mol. The first-order chi connectivity index (χ1) is 15.8. The first-order valence-electron chi connectivity index (χ1n) is 11.0. The number of hydrogen-bond donors (Lipinski definition) is 2. The lowest BCUT2D eigenvalue weighted by atomic mass is 9.73. The number of carbonyl (C=O) groups excluding carboxylic acids is 1. The molecule has 9 nitrogen and oxygen atoms in total. The third-order valence-corrected chi connectivity index (χ3v) is 7.94. The molecule has 4 rings (SSSR count). The van der Waals surface area contributed by atoms with Crippen LogP contribution in [-0.2, 0) is 19.4 Å². The smallest absolute Gasteiger partial charge is 0.421 e. The van der Waals surface area contributed by atoms with Gasteiger partial charge in [0.1, 0.15) is 5.75 Å². The molecule has 34 heavy (non-hydrogen) atoms. The maximum absolute atomic E-state index is 14.6. The molecule has 2 atom stereocenters. The van der Waals surface area contributed by atoms with Gasteiger partial charge in [0.15, 0.2) is 0 Å². The van der Waals surface area contributed by atoms with Crippen LogP contribution in [0.3, 0.4) is 0 Å². The van der Waals surface area contributed by atoms with Gasteiger partial charge in [-0.05, 0) is 48.9 Å². The molecule has 3 fully saturated rings. The Morgan fingerprint density at radius 3 is 2.38 bits per heavy atom. The molecular weight excluding hydrogens is 472 g/mol. The fourth-order valence-corrected chi connectivity index (χ4v) is 5.75. The number of sulfone groups is 1. The highest BCUT2D eigenvalue weighted by molar-refractivity contribution is 7.93. The number of carbonyl (C=O) groups is 2. The van der Waals surface area contributed by atoms with Gasteiger partial charge in [-0.1, -0.05) is 13.8 Å². The number of benzene rings is 1. The van der Waals surface area contributed by atoms with Crippen molar-refractivity contribution in [1.29, 1.82) is 0 Å². The van der Waals surface area contributed by atoms with E-state index in [-0.39, 0.29) is 36.9 Å². The minimum atomic E-state index is -4.97. The van der Waals surface area contributed by atoms with Crippen LogP contribution < -0.4 is 15.4 Å². The zero-order valence-corrected chi connectivity index (χ0v) is 20.4. The number of halogens is 2. The third kappa shape index (κ3) is 5.77. The molecule has 0 radical (unpaired) electrons. The van der Waals surface area contributed by atoms with Crippen LogP contribution in [0.4, 0.5) is 14.5 Å². The van der Waals surface area contributed by atoms with E-state index in [0.717, 1.165) is 22.8 Å². The lowest BCUT2D eigenvalue weighted by Gasteiger charge is -2.48. The summed E-state index contributed by atoms with van der Waals surface area (Å²) in [6.45, 7) is 6.59. The summed E-state index contributed by atoms with van der Waals surface area (Å²) in [5.74, 6) is -1.90. The van der Waals surface area contributed by atoms with Crippen LogP contribution in [0.25, 0.3) is 0 Å². The number of nitrogens with two attached hydrogens (primary N) is 1. The first kappa shape index (κ1) is 27.8. The summed E-state index contributed by atoms with van der Waals surface area (Å²) in [4.78, 5) is 24.2. The number of carboxylic acid groups (broad SMARTS) is 1.